The summed E-state index contributed by atoms with van der Waals surface area (Å²) in [7, 11) is 0. The van der Waals surface area contributed by atoms with Crippen LogP contribution in [0.25, 0.3) is 22.3 Å². The van der Waals surface area contributed by atoms with Crippen molar-refractivity contribution in [1.29, 1.82) is 0 Å². The average molecular weight is 797 g/mol. The fourth-order valence-corrected chi connectivity index (χ4v) is 9.43. The first-order valence-corrected chi connectivity index (χ1v) is 22.2. The van der Waals surface area contributed by atoms with Crippen LogP contribution in [0.3, 0.4) is 0 Å². The number of hydrogen-bond donors (Lipinski definition) is 0. The van der Waals surface area contributed by atoms with Gasteiger partial charge in [-0.2, -0.15) is 0 Å². The zero-order chi connectivity index (χ0) is 43.2. The molecule has 0 bridgehead atoms. The number of rotatable bonds is 4. The third-order valence-electron chi connectivity index (χ3n) is 13.1. The Morgan fingerprint density at radius 2 is 0.738 bits per heavy atom. The molecule has 0 saturated carbocycles. The average Bonchev–Trinajstić information content (AvgIpc) is 3.22. The van der Waals surface area contributed by atoms with Gasteiger partial charge < -0.3 is 9.80 Å². The summed E-state index contributed by atoms with van der Waals surface area (Å²) in [6.07, 6.45) is 0. The Morgan fingerprint density at radius 1 is 0.328 bits per heavy atom. The van der Waals surface area contributed by atoms with E-state index in [1.807, 2.05) is 0 Å². The lowest BCUT2D eigenvalue weighted by molar-refractivity contribution is 0.590. The number of benzene rings is 7. The lowest BCUT2D eigenvalue weighted by atomic mass is 9.33. The fraction of sp³-hybridized carbons (Fsp3) is 0.276. The van der Waals surface area contributed by atoms with E-state index in [0.29, 0.717) is 0 Å². The SMILES string of the molecule is CC(C)(C)c1ccc(N2c3ccc(C(C)(C)C)cc3B3c4cc(C(C)(C)C)ccc4N(c4ccc(C(C)(C)C)cc4-c4ccccc4)c4cc(-c5ccccc5)cc2c43)cc1. The maximum atomic E-state index is 2.61. The van der Waals surface area contributed by atoms with Crippen molar-refractivity contribution in [3.05, 3.63) is 174 Å². The highest BCUT2D eigenvalue weighted by atomic mass is 15.2. The number of nitrogens with zero attached hydrogens (tertiary/aromatic N) is 2. The van der Waals surface area contributed by atoms with Crippen LogP contribution in [0.4, 0.5) is 34.1 Å². The number of fused-ring (bicyclic) bond motifs is 4. The first-order chi connectivity index (χ1) is 28.8. The molecule has 2 heterocycles. The predicted octanol–water partition coefficient (Wildman–Crippen LogP) is 14.3. The molecule has 0 N–H and O–H groups in total. The minimum atomic E-state index is -0.0325. The van der Waals surface area contributed by atoms with E-state index in [1.165, 1.54) is 95.0 Å². The first-order valence-electron chi connectivity index (χ1n) is 22.2. The Bertz CT molecular complexity index is 2770. The Balaban J connectivity index is 1.44. The second-order valence-corrected chi connectivity index (χ2v) is 21.6. The molecule has 0 fully saturated rings. The Labute approximate surface area is 366 Å². The van der Waals surface area contributed by atoms with Gasteiger partial charge in [-0.1, -0.05) is 186 Å². The molecule has 0 amide bonds. The van der Waals surface area contributed by atoms with Gasteiger partial charge >= 0.3 is 0 Å². The van der Waals surface area contributed by atoms with Crippen LogP contribution in [-0.4, -0.2) is 6.71 Å². The van der Waals surface area contributed by atoms with E-state index in [0.717, 1.165) is 0 Å². The molecule has 0 unspecified atom stereocenters. The summed E-state index contributed by atoms with van der Waals surface area (Å²) in [4.78, 5) is 5.17. The van der Waals surface area contributed by atoms with Crippen molar-refractivity contribution in [1.82, 2.24) is 0 Å². The predicted molar refractivity (Wildman–Crippen MR) is 266 cm³/mol. The molecule has 9 rings (SSSR count). The zero-order valence-corrected chi connectivity index (χ0v) is 38.4. The fourth-order valence-electron chi connectivity index (χ4n) is 9.43. The van der Waals surface area contributed by atoms with Crippen molar-refractivity contribution in [3.63, 3.8) is 0 Å². The minimum absolute atomic E-state index is 0.0137. The molecule has 306 valence electrons. The van der Waals surface area contributed by atoms with E-state index in [1.54, 1.807) is 0 Å². The highest BCUT2D eigenvalue weighted by Crippen LogP contribution is 2.49. The zero-order valence-electron chi connectivity index (χ0n) is 38.4. The summed E-state index contributed by atoms with van der Waals surface area (Å²) in [5.41, 5.74) is 21.5. The Kier molecular flexibility index (Phi) is 9.59. The second-order valence-electron chi connectivity index (χ2n) is 21.6. The van der Waals surface area contributed by atoms with Crippen LogP contribution in [0.2, 0.25) is 0 Å². The standard InChI is InChI=1S/C58H61BN2/c1-55(2,3)41-23-28-45(29-24-41)60-50-31-26-43(57(7,8)9)36-47(50)59-48-37-44(58(10,11)12)27-32-51(48)61(53-34-40(33-52(60)54(53)59)38-19-15-13-16-20-38)49-30-25-42(56(4,5)6)35-46(49)39-21-17-14-18-22-39/h13-37H,1-12H3. The Morgan fingerprint density at radius 3 is 1.23 bits per heavy atom. The summed E-state index contributed by atoms with van der Waals surface area (Å²) in [5, 5.41) is 0. The molecule has 7 aromatic rings. The summed E-state index contributed by atoms with van der Waals surface area (Å²) < 4.78 is 0. The van der Waals surface area contributed by atoms with Gasteiger partial charge in [-0.3, -0.25) is 0 Å². The van der Waals surface area contributed by atoms with Crippen molar-refractivity contribution >= 4 is 57.2 Å². The summed E-state index contributed by atoms with van der Waals surface area (Å²) in [6, 6.07) is 58.1. The molecule has 0 radical (unpaired) electrons. The van der Waals surface area contributed by atoms with Crippen LogP contribution in [0.15, 0.2) is 152 Å². The molecule has 7 aromatic carbocycles. The largest absolute Gasteiger partial charge is 0.311 e. The molecule has 0 aliphatic carbocycles. The third kappa shape index (κ3) is 7.20. The highest BCUT2D eigenvalue weighted by molar-refractivity contribution is 7.00. The summed E-state index contributed by atoms with van der Waals surface area (Å²) >= 11 is 0. The maximum absolute atomic E-state index is 2.61. The van der Waals surface area contributed by atoms with Crippen molar-refractivity contribution in [2.75, 3.05) is 9.80 Å². The number of hydrogen-bond acceptors (Lipinski definition) is 2. The van der Waals surface area contributed by atoms with E-state index in [-0.39, 0.29) is 28.4 Å². The van der Waals surface area contributed by atoms with Gasteiger partial charge in [-0.25, -0.2) is 0 Å². The molecule has 2 aliphatic rings. The van der Waals surface area contributed by atoms with Gasteiger partial charge in [-0.05, 0) is 126 Å². The van der Waals surface area contributed by atoms with Gasteiger partial charge in [-0.15, -0.1) is 0 Å². The van der Waals surface area contributed by atoms with Crippen LogP contribution in [0.5, 0.6) is 0 Å². The summed E-state index contributed by atoms with van der Waals surface area (Å²) in [6.45, 7) is 27.9. The molecule has 61 heavy (non-hydrogen) atoms. The minimum Gasteiger partial charge on any atom is -0.311 e. The molecule has 3 heteroatoms. The normalized spacial score (nSPS) is 13.8. The van der Waals surface area contributed by atoms with E-state index in [2.05, 4.69) is 245 Å². The molecule has 0 spiro atoms. The van der Waals surface area contributed by atoms with Crippen molar-refractivity contribution < 1.29 is 0 Å². The molecule has 2 aliphatic heterocycles. The molecule has 2 nitrogen and oxygen atoms in total. The van der Waals surface area contributed by atoms with Crippen molar-refractivity contribution in [2.45, 2.75) is 105 Å². The number of anilines is 6. The third-order valence-corrected chi connectivity index (χ3v) is 13.1. The monoisotopic (exact) mass is 796 g/mol. The molecule has 0 atom stereocenters. The first kappa shape index (κ1) is 40.6. The quantitative estimate of drug-likeness (QED) is 0.164. The van der Waals surface area contributed by atoms with Crippen molar-refractivity contribution in [2.24, 2.45) is 0 Å². The molecular formula is C58H61BN2. The highest BCUT2D eigenvalue weighted by Gasteiger charge is 2.45. The van der Waals surface area contributed by atoms with Gasteiger partial charge in [0.05, 0.1) is 5.69 Å². The van der Waals surface area contributed by atoms with E-state index >= 15 is 0 Å². The van der Waals surface area contributed by atoms with Crippen LogP contribution < -0.4 is 26.2 Å². The van der Waals surface area contributed by atoms with E-state index < -0.39 is 0 Å². The van der Waals surface area contributed by atoms with Crippen LogP contribution in [0.1, 0.15) is 105 Å². The molecule has 0 aromatic heterocycles. The van der Waals surface area contributed by atoms with Gasteiger partial charge in [0.2, 0.25) is 0 Å². The van der Waals surface area contributed by atoms with Crippen LogP contribution in [-0.2, 0) is 21.7 Å². The van der Waals surface area contributed by atoms with Gasteiger partial charge in [0.1, 0.15) is 0 Å². The van der Waals surface area contributed by atoms with Crippen LogP contribution in [0, 0.1) is 0 Å². The summed E-state index contributed by atoms with van der Waals surface area (Å²) in [5.74, 6) is 0. The lowest BCUT2D eigenvalue weighted by Crippen LogP contribution is -2.61. The Hall–Kier alpha value is -5.80. The molecular weight excluding hydrogens is 735 g/mol. The second kappa shape index (κ2) is 14.4. The van der Waals surface area contributed by atoms with E-state index in [9.17, 15) is 0 Å². The van der Waals surface area contributed by atoms with Gasteiger partial charge in [0.25, 0.3) is 6.71 Å². The van der Waals surface area contributed by atoms with Crippen molar-refractivity contribution in [3.8, 4) is 22.3 Å². The van der Waals surface area contributed by atoms with Crippen LogP contribution >= 0.6 is 0 Å². The van der Waals surface area contributed by atoms with Gasteiger partial charge in [0, 0.05) is 34.0 Å². The van der Waals surface area contributed by atoms with E-state index in [4.69, 9.17) is 0 Å². The smallest absolute Gasteiger partial charge is 0.252 e. The molecule has 0 saturated heterocycles. The topological polar surface area (TPSA) is 6.48 Å². The van der Waals surface area contributed by atoms with Gasteiger partial charge in [0.15, 0.2) is 0 Å². The maximum Gasteiger partial charge on any atom is 0.252 e. The lowest BCUT2D eigenvalue weighted by Gasteiger charge is -2.45.